The highest BCUT2D eigenvalue weighted by Gasteiger charge is 2.10. The van der Waals surface area contributed by atoms with Gasteiger partial charge in [-0.25, -0.2) is 4.98 Å². The van der Waals surface area contributed by atoms with Crippen molar-refractivity contribution >= 4 is 34.5 Å². The summed E-state index contributed by atoms with van der Waals surface area (Å²) in [4.78, 5) is 16.0. The second-order valence-corrected chi connectivity index (χ2v) is 5.38. The zero-order chi connectivity index (χ0) is 13.8. The van der Waals surface area contributed by atoms with Crippen LogP contribution in [0.4, 0.5) is 5.69 Å². The number of rotatable bonds is 4. The summed E-state index contributed by atoms with van der Waals surface area (Å²) in [5.41, 5.74) is 2.14. The van der Waals surface area contributed by atoms with E-state index in [0.717, 1.165) is 5.56 Å². The second kappa shape index (κ2) is 6.14. The lowest BCUT2D eigenvalue weighted by molar-refractivity contribution is -0.115. The minimum atomic E-state index is -0.149. The molecule has 0 saturated carbocycles. The second-order valence-electron chi connectivity index (χ2n) is 4.03. The Morgan fingerprint density at radius 1 is 1.53 bits per heavy atom. The number of carbonyl (C=O) groups is 1. The van der Waals surface area contributed by atoms with Crippen molar-refractivity contribution in [3.63, 3.8) is 0 Å². The fourth-order valence-electron chi connectivity index (χ4n) is 1.58. The number of aliphatic hydroxyl groups excluding tert-OH is 1. The molecule has 0 saturated heterocycles. The number of thiazole rings is 1. The first-order valence-electron chi connectivity index (χ1n) is 5.69. The Balaban J connectivity index is 2.03. The highest BCUT2D eigenvalue weighted by atomic mass is 35.5. The average molecular weight is 297 g/mol. The van der Waals surface area contributed by atoms with Crippen LogP contribution in [-0.4, -0.2) is 16.0 Å². The lowest BCUT2D eigenvalue weighted by Gasteiger charge is -2.08. The fourth-order valence-corrected chi connectivity index (χ4v) is 2.54. The van der Waals surface area contributed by atoms with Crippen molar-refractivity contribution in [1.82, 2.24) is 4.98 Å². The van der Waals surface area contributed by atoms with Crippen molar-refractivity contribution in [2.45, 2.75) is 20.0 Å². The number of halogens is 1. The third-order valence-corrected chi connectivity index (χ3v) is 3.92. The van der Waals surface area contributed by atoms with Crippen LogP contribution < -0.4 is 5.32 Å². The van der Waals surface area contributed by atoms with Gasteiger partial charge in [0, 0.05) is 16.1 Å². The Hall–Kier alpha value is -1.43. The van der Waals surface area contributed by atoms with E-state index in [0.29, 0.717) is 21.4 Å². The van der Waals surface area contributed by atoms with Gasteiger partial charge in [0.2, 0.25) is 5.91 Å². The SMILES string of the molecule is Cc1c(Cl)cccc1NC(=O)Cc1nc(CO)cs1. The minimum absolute atomic E-state index is 0.106. The molecule has 1 amide bonds. The van der Waals surface area contributed by atoms with Gasteiger partial charge in [-0.3, -0.25) is 4.79 Å². The van der Waals surface area contributed by atoms with Crippen LogP contribution in [0.3, 0.4) is 0 Å². The molecule has 2 rings (SSSR count). The molecule has 0 radical (unpaired) electrons. The fraction of sp³-hybridized carbons (Fsp3) is 0.231. The van der Waals surface area contributed by atoms with E-state index >= 15 is 0 Å². The zero-order valence-electron chi connectivity index (χ0n) is 10.3. The van der Waals surface area contributed by atoms with Crippen molar-refractivity contribution in [2.75, 3.05) is 5.32 Å². The van der Waals surface area contributed by atoms with Gasteiger partial charge in [0.05, 0.1) is 18.7 Å². The van der Waals surface area contributed by atoms with Crippen LogP contribution in [0.25, 0.3) is 0 Å². The maximum atomic E-state index is 11.9. The topological polar surface area (TPSA) is 62.2 Å². The van der Waals surface area contributed by atoms with E-state index < -0.39 is 0 Å². The first kappa shape index (κ1) is 14.0. The smallest absolute Gasteiger partial charge is 0.231 e. The molecule has 0 aliphatic heterocycles. The summed E-state index contributed by atoms with van der Waals surface area (Å²) in [6.07, 6.45) is 0.191. The molecule has 0 aliphatic carbocycles. The quantitative estimate of drug-likeness (QED) is 0.912. The number of aromatic nitrogens is 1. The van der Waals surface area contributed by atoms with Crippen molar-refractivity contribution in [3.05, 3.63) is 44.9 Å². The third kappa shape index (κ3) is 3.53. The van der Waals surface area contributed by atoms with Gasteiger partial charge < -0.3 is 10.4 Å². The molecule has 1 aromatic heterocycles. The third-order valence-electron chi connectivity index (χ3n) is 2.61. The number of nitrogens with one attached hydrogen (secondary N) is 1. The molecule has 0 spiro atoms. The van der Waals surface area contributed by atoms with Crippen LogP contribution in [0.1, 0.15) is 16.3 Å². The van der Waals surface area contributed by atoms with E-state index in [2.05, 4.69) is 10.3 Å². The van der Waals surface area contributed by atoms with E-state index in [1.54, 1.807) is 23.6 Å². The molecule has 4 nitrogen and oxygen atoms in total. The monoisotopic (exact) mass is 296 g/mol. The van der Waals surface area contributed by atoms with Gasteiger partial charge >= 0.3 is 0 Å². The summed E-state index contributed by atoms with van der Waals surface area (Å²) < 4.78 is 0. The van der Waals surface area contributed by atoms with Crippen molar-refractivity contribution in [3.8, 4) is 0 Å². The molecule has 0 fully saturated rings. The zero-order valence-corrected chi connectivity index (χ0v) is 11.9. The minimum Gasteiger partial charge on any atom is -0.390 e. The lowest BCUT2D eigenvalue weighted by atomic mass is 10.2. The van der Waals surface area contributed by atoms with Crippen LogP contribution in [-0.2, 0) is 17.8 Å². The van der Waals surface area contributed by atoms with E-state index in [1.165, 1.54) is 11.3 Å². The van der Waals surface area contributed by atoms with E-state index in [1.807, 2.05) is 6.92 Å². The molecule has 6 heteroatoms. The summed E-state index contributed by atoms with van der Waals surface area (Å²) >= 11 is 7.35. The summed E-state index contributed by atoms with van der Waals surface area (Å²) in [6, 6.07) is 5.37. The molecule has 100 valence electrons. The number of amides is 1. The van der Waals surface area contributed by atoms with Gasteiger partial charge in [0.25, 0.3) is 0 Å². The first-order chi connectivity index (χ1) is 9.10. The Bertz CT molecular complexity index is 598. The highest BCUT2D eigenvalue weighted by molar-refractivity contribution is 7.09. The molecule has 0 atom stereocenters. The molecule has 1 heterocycles. The van der Waals surface area contributed by atoms with Crippen LogP contribution in [0.5, 0.6) is 0 Å². The van der Waals surface area contributed by atoms with Gasteiger partial charge in [-0.05, 0) is 24.6 Å². The first-order valence-corrected chi connectivity index (χ1v) is 6.95. The van der Waals surface area contributed by atoms with Gasteiger partial charge in [0.15, 0.2) is 0 Å². The predicted octanol–water partition coefficient (Wildman–Crippen LogP) is 2.78. The summed E-state index contributed by atoms with van der Waals surface area (Å²) in [7, 11) is 0. The Morgan fingerprint density at radius 2 is 2.32 bits per heavy atom. The molecule has 0 unspecified atom stereocenters. The Morgan fingerprint density at radius 3 is 3.00 bits per heavy atom. The summed E-state index contributed by atoms with van der Waals surface area (Å²) in [5.74, 6) is -0.149. The van der Waals surface area contributed by atoms with Gasteiger partial charge in [-0.1, -0.05) is 17.7 Å². The maximum Gasteiger partial charge on any atom is 0.231 e. The molecular weight excluding hydrogens is 284 g/mol. The number of anilines is 1. The Kier molecular flexibility index (Phi) is 4.52. The van der Waals surface area contributed by atoms with Crippen LogP contribution in [0.2, 0.25) is 5.02 Å². The van der Waals surface area contributed by atoms with Gasteiger partial charge in [0.1, 0.15) is 5.01 Å². The number of hydrogen-bond donors (Lipinski definition) is 2. The molecule has 2 N–H and O–H groups in total. The molecular formula is C13H13ClN2O2S. The standard InChI is InChI=1S/C13H13ClN2O2S/c1-8-10(14)3-2-4-11(8)16-12(18)5-13-15-9(6-17)7-19-13/h2-4,7,17H,5-6H2,1H3,(H,16,18). The van der Waals surface area contributed by atoms with E-state index in [4.69, 9.17) is 16.7 Å². The van der Waals surface area contributed by atoms with Crippen molar-refractivity contribution < 1.29 is 9.90 Å². The van der Waals surface area contributed by atoms with E-state index in [9.17, 15) is 4.79 Å². The van der Waals surface area contributed by atoms with E-state index in [-0.39, 0.29) is 18.9 Å². The van der Waals surface area contributed by atoms with Crippen LogP contribution in [0.15, 0.2) is 23.6 Å². The summed E-state index contributed by atoms with van der Waals surface area (Å²) in [5, 5.41) is 14.8. The van der Waals surface area contributed by atoms with Crippen LogP contribution >= 0.6 is 22.9 Å². The van der Waals surface area contributed by atoms with Crippen LogP contribution in [0, 0.1) is 6.92 Å². The predicted molar refractivity (Wildman–Crippen MR) is 76.6 cm³/mol. The molecule has 0 aliphatic rings. The lowest BCUT2D eigenvalue weighted by Crippen LogP contribution is -2.15. The number of benzene rings is 1. The Labute approximate surface area is 120 Å². The number of aliphatic hydroxyl groups is 1. The number of carbonyl (C=O) groups excluding carboxylic acids is 1. The van der Waals surface area contributed by atoms with Gasteiger partial charge in [-0.15, -0.1) is 11.3 Å². The largest absolute Gasteiger partial charge is 0.390 e. The number of nitrogens with zero attached hydrogens (tertiary/aromatic N) is 1. The maximum absolute atomic E-state index is 11.9. The highest BCUT2D eigenvalue weighted by Crippen LogP contribution is 2.23. The van der Waals surface area contributed by atoms with Crippen molar-refractivity contribution in [2.24, 2.45) is 0 Å². The molecule has 0 bridgehead atoms. The number of hydrogen-bond acceptors (Lipinski definition) is 4. The molecule has 1 aromatic carbocycles. The summed E-state index contributed by atoms with van der Waals surface area (Å²) in [6.45, 7) is 1.75. The van der Waals surface area contributed by atoms with Crippen molar-refractivity contribution in [1.29, 1.82) is 0 Å². The van der Waals surface area contributed by atoms with Gasteiger partial charge in [-0.2, -0.15) is 0 Å². The molecule has 19 heavy (non-hydrogen) atoms. The molecule has 2 aromatic rings. The average Bonchev–Trinajstić information content (AvgIpc) is 2.82. The normalized spacial score (nSPS) is 10.5.